The number of hydrogen-bond donors (Lipinski definition) is 1. The molecule has 1 heterocycles. The maximum Gasteiger partial charge on any atom is 0.410 e. The molecule has 7 nitrogen and oxygen atoms in total. The lowest BCUT2D eigenvalue weighted by atomic mass is 10.0. The van der Waals surface area contributed by atoms with Crippen molar-refractivity contribution in [2.75, 3.05) is 13.1 Å². The molecule has 0 spiro atoms. The number of carbonyl (C=O) groups is 1. The van der Waals surface area contributed by atoms with E-state index in [-0.39, 0.29) is 17.8 Å². The second-order valence-corrected chi connectivity index (χ2v) is 8.46. The summed E-state index contributed by atoms with van der Waals surface area (Å²) in [6.45, 7) is 6.37. The van der Waals surface area contributed by atoms with E-state index in [0.29, 0.717) is 18.7 Å². The van der Waals surface area contributed by atoms with Crippen molar-refractivity contribution < 1.29 is 17.9 Å². The Kier molecular flexibility index (Phi) is 5.48. The second-order valence-electron chi connectivity index (χ2n) is 6.76. The molecule has 24 heavy (non-hydrogen) atoms. The Morgan fingerprint density at radius 1 is 1.33 bits per heavy atom. The minimum Gasteiger partial charge on any atom is -0.444 e. The largest absolute Gasteiger partial charge is 0.444 e. The summed E-state index contributed by atoms with van der Waals surface area (Å²) in [4.78, 5) is 15.5. The maximum atomic E-state index is 11.9. The summed E-state index contributed by atoms with van der Waals surface area (Å²) in [6.07, 6.45) is 1.15. The summed E-state index contributed by atoms with van der Waals surface area (Å²) in [7, 11) is -3.52. The first-order valence-corrected chi connectivity index (χ1v) is 9.34. The molecule has 1 aromatic rings. The van der Waals surface area contributed by atoms with Gasteiger partial charge in [-0.3, -0.25) is 0 Å². The summed E-state index contributed by atoms with van der Waals surface area (Å²) in [5.41, 5.74) is 0.170. The fraction of sp³-hybridized carbons (Fsp3) is 0.500. The maximum absolute atomic E-state index is 11.9. The number of nitrogens with one attached hydrogen (secondary N) is 1. The fourth-order valence-electron chi connectivity index (χ4n) is 2.12. The van der Waals surface area contributed by atoms with Crippen LogP contribution in [0, 0.1) is 5.92 Å². The van der Waals surface area contributed by atoms with Gasteiger partial charge in [-0.05, 0) is 26.3 Å². The van der Waals surface area contributed by atoms with Crippen LogP contribution in [0.1, 0.15) is 26.3 Å². The molecule has 1 amide bonds. The Morgan fingerprint density at radius 3 is 2.54 bits per heavy atom. The zero-order chi connectivity index (χ0) is 17.8. The highest BCUT2D eigenvalue weighted by molar-refractivity contribution is 7.88. The Labute approximate surface area is 142 Å². The lowest BCUT2D eigenvalue weighted by Crippen LogP contribution is -2.52. The number of carbonyl (C=O) groups excluding carboxylic acids is 1. The van der Waals surface area contributed by atoms with E-state index < -0.39 is 15.6 Å². The summed E-state index contributed by atoms with van der Waals surface area (Å²) >= 11 is 0. The van der Waals surface area contributed by atoms with E-state index in [1.807, 2.05) is 26.8 Å². The molecule has 0 saturated carbocycles. The third-order valence-corrected chi connectivity index (χ3v) is 4.34. The Morgan fingerprint density at radius 2 is 1.96 bits per heavy atom. The molecule has 1 aliphatic rings. The molecular weight excluding hydrogens is 330 g/mol. The molecule has 0 radical (unpaired) electrons. The molecule has 0 atom stereocenters. The van der Waals surface area contributed by atoms with E-state index in [1.54, 1.807) is 29.2 Å². The van der Waals surface area contributed by atoms with Gasteiger partial charge in [-0.1, -0.05) is 30.3 Å². The molecule has 1 fully saturated rings. The van der Waals surface area contributed by atoms with E-state index in [1.165, 1.54) is 6.21 Å². The van der Waals surface area contributed by atoms with E-state index >= 15 is 0 Å². The van der Waals surface area contributed by atoms with Gasteiger partial charge in [0.15, 0.2) is 0 Å². The van der Waals surface area contributed by atoms with Crippen molar-refractivity contribution >= 4 is 22.3 Å². The molecule has 0 aromatic heterocycles. The first-order valence-electron chi connectivity index (χ1n) is 7.69. The number of hydrazone groups is 1. The van der Waals surface area contributed by atoms with Crippen LogP contribution in [0.15, 0.2) is 35.4 Å². The minimum absolute atomic E-state index is 0.0249. The van der Waals surface area contributed by atoms with Gasteiger partial charge in [-0.15, -0.1) is 0 Å². The highest BCUT2D eigenvalue weighted by atomic mass is 32.2. The molecule has 1 saturated heterocycles. The Hall–Kier alpha value is -2.09. The molecule has 0 bridgehead atoms. The monoisotopic (exact) mass is 353 g/mol. The minimum atomic E-state index is -3.52. The average Bonchev–Trinajstić information content (AvgIpc) is 2.39. The molecule has 1 aliphatic heterocycles. The predicted octanol–water partition coefficient (Wildman–Crippen LogP) is 1.96. The standard InChI is InChI=1S/C16H23N3O4S/c1-16(2,3)23-15(20)19-10-14(11-19)9-17-18-24(21,22)12-13-7-5-4-6-8-13/h4-9,14,18H,10-12H2,1-3H3/b17-9+. The van der Waals surface area contributed by atoms with Crippen molar-refractivity contribution in [1.29, 1.82) is 0 Å². The van der Waals surface area contributed by atoms with Gasteiger partial charge < -0.3 is 9.64 Å². The van der Waals surface area contributed by atoms with Gasteiger partial charge in [0.2, 0.25) is 0 Å². The third kappa shape index (κ3) is 5.84. The molecule has 8 heteroatoms. The van der Waals surface area contributed by atoms with Gasteiger partial charge >= 0.3 is 6.09 Å². The smallest absolute Gasteiger partial charge is 0.410 e. The van der Waals surface area contributed by atoms with Crippen molar-refractivity contribution in [3.63, 3.8) is 0 Å². The lowest BCUT2D eigenvalue weighted by Gasteiger charge is -2.37. The van der Waals surface area contributed by atoms with Gasteiger partial charge in [0, 0.05) is 25.2 Å². The van der Waals surface area contributed by atoms with E-state index in [9.17, 15) is 13.2 Å². The number of ether oxygens (including phenoxy) is 1. The van der Waals surface area contributed by atoms with Crippen LogP contribution in [-0.2, 0) is 20.5 Å². The van der Waals surface area contributed by atoms with E-state index in [4.69, 9.17) is 4.74 Å². The van der Waals surface area contributed by atoms with Crippen molar-refractivity contribution in [3.8, 4) is 0 Å². The SMILES string of the molecule is CC(C)(C)OC(=O)N1CC(/C=N/NS(=O)(=O)Cc2ccccc2)C1. The van der Waals surface area contributed by atoms with Gasteiger partial charge in [0.05, 0.1) is 5.75 Å². The van der Waals surface area contributed by atoms with Crippen LogP contribution >= 0.6 is 0 Å². The Bertz CT molecular complexity index is 690. The van der Waals surface area contributed by atoms with Crippen LogP contribution in [0.5, 0.6) is 0 Å². The zero-order valence-electron chi connectivity index (χ0n) is 14.1. The molecule has 2 rings (SSSR count). The molecule has 1 aromatic carbocycles. The van der Waals surface area contributed by atoms with E-state index in [2.05, 4.69) is 9.93 Å². The molecule has 132 valence electrons. The number of likely N-dealkylation sites (tertiary alicyclic amines) is 1. The number of rotatable bonds is 5. The molecular formula is C16H23N3O4S. The number of benzene rings is 1. The first-order chi connectivity index (χ1) is 11.1. The van der Waals surface area contributed by atoms with Crippen LogP contribution in [0.2, 0.25) is 0 Å². The van der Waals surface area contributed by atoms with Gasteiger partial charge in [0.1, 0.15) is 5.60 Å². The summed E-state index contributed by atoms with van der Waals surface area (Å²) in [6, 6.07) is 8.89. The number of hydrogen-bond acceptors (Lipinski definition) is 5. The average molecular weight is 353 g/mol. The van der Waals surface area contributed by atoms with Gasteiger partial charge in [-0.25, -0.2) is 18.0 Å². The van der Waals surface area contributed by atoms with Crippen LogP contribution in [0.25, 0.3) is 0 Å². The normalized spacial score (nSPS) is 16.0. The third-order valence-electron chi connectivity index (χ3n) is 3.24. The van der Waals surface area contributed by atoms with E-state index in [0.717, 1.165) is 0 Å². The van der Waals surface area contributed by atoms with Crippen LogP contribution < -0.4 is 4.83 Å². The fourth-order valence-corrected chi connectivity index (χ4v) is 3.04. The molecule has 1 N–H and O–H groups in total. The Balaban J connectivity index is 1.75. The van der Waals surface area contributed by atoms with Gasteiger partial charge in [0.25, 0.3) is 10.0 Å². The van der Waals surface area contributed by atoms with Crippen molar-refractivity contribution in [2.24, 2.45) is 11.0 Å². The topological polar surface area (TPSA) is 88.1 Å². The highest BCUT2D eigenvalue weighted by Gasteiger charge is 2.32. The lowest BCUT2D eigenvalue weighted by molar-refractivity contribution is 0.00734. The van der Waals surface area contributed by atoms with Crippen molar-refractivity contribution in [1.82, 2.24) is 9.73 Å². The summed E-state index contributed by atoms with van der Waals surface area (Å²) in [5, 5.41) is 3.79. The van der Waals surface area contributed by atoms with Crippen molar-refractivity contribution in [2.45, 2.75) is 32.1 Å². The van der Waals surface area contributed by atoms with Crippen LogP contribution in [-0.4, -0.2) is 44.3 Å². The summed E-state index contributed by atoms with van der Waals surface area (Å²) < 4.78 is 29.1. The number of sulfonamides is 1. The molecule has 0 aliphatic carbocycles. The van der Waals surface area contributed by atoms with Crippen LogP contribution in [0.4, 0.5) is 4.79 Å². The highest BCUT2D eigenvalue weighted by Crippen LogP contribution is 2.18. The van der Waals surface area contributed by atoms with Crippen LogP contribution in [0.3, 0.4) is 0 Å². The quantitative estimate of drug-likeness (QED) is 0.647. The number of nitrogens with zero attached hydrogens (tertiary/aromatic N) is 2. The van der Waals surface area contributed by atoms with Gasteiger partial charge in [-0.2, -0.15) is 5.10 Å². The van der Waals surface area contributed by atoms with Crippen molar-refractivity contribution in [3.05, 3.63) is 35.9 Å². The predicted molar refractivity (Wildman–Crippen MR) is 92.0 cm³/mol. The summed E-state index contributed by atoms with van der Waals surface area (Å²) in [5.74, 6) is -0.100. The first kappa shape index (κ1) is 18.3. The zero-order valence-corrected chi connectivity index (χ0v) is 14.9. The number of amides is 1. The second kappa shape index (κ2) is 7.21. The molecule has 0 unspecified atom stereocenters.